The van der Waals surface area contributed by atoms with E-state index in [2.05, 4.69) is 15.3 Å². The third-order valence-electron chi connectivity index (χ3n) is 3.26. The fourth-order valence-electron chi connectivity index (χ4n) is 2.02. The zero-order chi connectivity index (χ0) is 16.2. The quantitative estimate of drug-likeness (QED) is 0.546. The van der Waals surface area contributed by atoms with Crippen molar-refractivity contribution in [2.75, 3.05) is 0 Å². The smallest absolute Gasteiger partial charge is 0.233 e. The minimum Gasteiger partial charge on any atom is -0.351 e. The van der Waals surface area contributed by atoms with Crippen LogP contribution in [0.2, 0.25) is 5.02 Å². The fraction of sp³-hybridized carbons (Fsp3) is 0.188. The molecule has 118 valence electrons. The van der Waals surface area contributed by atoms with Gasteiger partial charge in [0, 0.05) is 17.0 Å². The third-order valence-corrected chi connectivity index (χ3v) is 5.45. The summed E-state index contributed by atoms with van der Waals surface area (Å²) in [7, 11) is 0. The van der Waals surface area contributed by atoms with E-state index in [1.165, 1.54) is 11.8 Å². The Morgan fingerprint density at radius 3 is 2.87 bits per heavy atom. The molecule has 0 radical (unpaired) electrons. The Balaban J connectivity index is 1.61. The van der Waals surface area contributed by atoms with Crippen molar-refractivity contribution >= 4 is 50.8 Å². The predicted octanol–water partition coefficient (Wildman–Crippen LogP) is 4.14. The lowest BCUT2D eigenvalue weighted by Gasteiger charge is -2.12. The Hall–Kier alpha value is -1.63. The second kappa shape index (κ2) is 7.29. The van der Waals surface area contributed by atoms with Gasteiger partial charge in [-0.15, -0.1) is 11.3 Å². The number of amides is 1. The average Bonchev–Trinajstić information content (AvgIpc) is 3.03. The van der Waals surface area contributed by atoms with Gasteiger partial charge < -0.3 is 5.32 Å². The van der Waals surface area contributed by atoms with Crippen LogP contribution in [-0.4, -0.2) is 21.1 Å². The maximum Gasteiger partial charge on any atom is 0.233 e. The van der Waals surface area contributed by atoms with E-state index in [4.69, 9.17) is 11.6 Å². The van der Waals surface area contributed by atoms with E-state index >= 15 is 0 Å². The van der Waals surface area contributed by atoms with Gasteiger partial charge in [0.05, 0.1) is 5.25 Å². The maximum absolute atomic E-state index is 12.3. The second-order valence-electron chi connectivity index (χ2n) is 4.92. The van der Waals surface area contributed by atoms with E-state index in [-0.39, 0.29) is 11.2 Å². The predicted molar refractivity (Wildman–Crippen MR) is 96.0 cm³/mol. The van der Waals surface area contributed by atoms with Gasteiger partial charge >= 0.3 is 0 Å². The van der Waals surface area contributed by atoms with Crippen LogP contribution in [0.5, 0.6) is 0 Å². The van der Waals surface area contributed by atoms with Crippen LogP contribution in [0.15, 0.2) is 47.1 Å². The summed E-state index contributed by atoms with van der Waals surface area (Å²) in [6.07, 6.45) is 1.54. The van der Waals surface area contributed by atoms with Crippen LogP contribution >= 0.6 is 34.7 Å². The first-order valence-corrected chi connectivity index (χ1v) is 9.14. The van der Waals surface area contributed by atoms with Gasteiger partial charge in [0.25, 0.3) is 0 Å². The molecular formula is C16H14ClN3OS2. The molecule has 3 rings (SSSR count). The van der Waals surface area contributed by atoms with Crippen LogP contribution in [-0.2, 0) is 11.3 Å². The summed E-state index contributed by atoms with van der Waals surface area (Å²) < 4.78 is 0. The molecule has 1 amide bonds. The van der Waals surface area contributed by atoms with Gasteiger partial charge in [-0.25, -0.2) is 9.97 Å². The number of aromatic nitrogens is 2. The fourth-order valence-corrected chi connectivity index (χ4v) is 3.87. The molecule has 3 aromatic rings. The number of thioether (sulfide) groups is 1. The molecule has 0 spiro atoms. The van der Waals surface area contributed by atoms with Crippen molar-refractivity contribution < 1.29 is 4.79 Å². The molecular weight excluding hydrogens is 350 g/mol. The highest BCUT2D eigenvalue weighted by molar-refractivity contribution is 8.00. The molecule has 0 saturated carbocycles. The average molecular weight is 364 g/mol. The van der Waals surface area contributed by atoms with Crippen LogP contribution in [0.25, 0.3) is 10.2 Å². The van der Waals surface area contributed by atoms with Gasteiger partial charge in [-0.1, -0.05) is 35.5 Å². The molecule has 4 nitrogen and oxygen atoms in total. The van der Waals surface area contributed by atoms with Gasteiger partial charge in [-0.3, -0.25) is 4.79 Å². The topological polar surface area (TPSA) is 54.9 Å². The van der Waals surface area contributed by atoms with Gasteiger partial charge in [-0.05, 0) is 36.1 Å². The molecule has 0 aliphatic rings. The summed E-state index contributed by atoms with van der Waals surface area (Å²) in [6.45, 7) is 2.36. The van der Waals surface area contributed by atoms with Crippen molar-refractivity contribution in [2.45, 2.75) is 23.7 Å². The van der Waals surface area contributed by atoms with Crippen molar-refractivity contribution in [3.05, 3.63) is 52.6 Å². The van der Waals surface area contributed by atoms with Crippen molar-refractivity contribution in [2.24, 2.45) is 0 Å². The molecule has 7 heteroatoms. The van der Waals surface area contributed by atoms with Crippen molar-refractivity contribution in [3.63, 3.8) is 0 Å². The number of nitrogens with one attached hydrogen (secondary N) is 1. The zero-order valence-electron chi connectivity index (χ0n) is 12.3. The van der Waals surface area contributed by atoms with Crippen LogP contribution in [0.4, 0.5) is 0 Å². The number of thiophene rings is 1. The molecule has 0 aliphatic carbocycles. The minimum atomic E-state index is -0.236. The summed E-state index contributed by atoms with van der Waals surface area (Å²) in [6, 6.07) is 9.42. The Morgan fingerprint density at radius 2 is 2.09 bits per heavy atom. The van der Waals surface area contributed by atoms with Crippen molar-refractivity contribution in [1.29, 1.82) is 0 Å². The molecule has 23 heavy (non-hydrogen) atoms. The number of carbonyl (C=O) groups excluding carboxylic acids is 1. The summed E-state index contributed by atoms with van der Waals surface area (Å²) in [5, 5.41) is 7.21. The Labute approximate surface area is 147 Å². The van der Waals surface area contributed by atoms with Gasteiger partial charge in [0.15, 0.2) is 0 Å². The molecule has 2 heterocycles. The summed E-state index contributed by atoms with van der Waals surface area (Å²) in [4.78, 5) is 21.7. The van der Waals surface area contributed by atoms with E-state index in [9.17, 15) is 4.79 Å². The summed E-state index contributed by atoms with van der Waals surface area (Å²) >= 11 is 8.87. The lowest BCUT2D eigenvalue weighted by atomic mass is 10.2. The molecule has 1 aromatic carbocycles. The molecule has 1 atom stereocenters. The first kappa shape index (κ1) is 16.2. The van der Waals surface area contributed by atoms with Gasteiger partial charge in [0.2, 0.25) is 5.91 Å². The lowest BCUT2D eigenvalue weighted by molar-refractivity contribution is -0.120. The molecule has 2 aromatic heterocycles. The monoisotopic (exact) mass is 363 g/mol. The summed E-state index contributed by atoms with van der Waals surface area (Å²) in [5.74, 6) is -0.0214. The van der Waals surface area contributed by atoms with Crippen molar-refractivity contribution in [3.8, 4) is 0 Å². The van der Waals surface area contributed by atoms with Crippen molar-refractivity contribution in [1.82, 2.24) is 15.3 Å². The number of halogens is 1. The van der Waals surface area contributed by atoms with E-state index in [1.807, 2.05) is 42.6 Å². The van der Waals surface area contributed by atoms with Gasteiger partial charge in [-0.2, -0.15) is 0 Å². The molecule has 0 fully saturated rings. The number of hydrogen-bond acceptors (Lipinski definition) is 5. The highest BCUT2D eigenvalue weighted by atomic mass is 35.5. The second-order valence-corrected chi connectivity index (χ2v) is 7.58. The number of nitrogens with zero attached hydrogens (tertiary/aromatic N) is 2. The minimum absolute atomic E-state index is 0.0214. The lowest BCUT2D eigenvalue weighted by Crippen LogP contribution is -2.30. The third kappa shape index (κ3) is 4.02. The number of fused-ring (bicyclic) bond motifs is 1. The Bertz CT molecular complexity index is 820. The standard InChI is InChI=1S/C16H14ClN3OS2/c1-10(14(21)18-8-11-2-4-12(17)5-3-11)23-16-13-6-7-22-15(13)19-9-20-16/h2-7,9-10H,8H2,1H3,(H,18,21)/t10-/m1/s1. The zero-order valence-corrected chi connectivity index (χ0v) is 14.7. The first-order chi connectivity index (χ1) is 11.1. The molecule has 0 saturated heterocycles. The highest BCUT2D eigenvalue weighted by Gasteiger charge is 2.17. The number of carbonyl (C=O) groups is 1. The first-order valence-electron chi connectivity index (χ1n) is 7.00. The molecule has 0 unspecified atom stereocenters. The number of rotatable bonds is 5. The molecule has 0 aliphatic heterocycles. The normalized spacial score (nSPS) is 12.3. The number of hydrogen-bond donors (Lipinski definition) is 1. The molecule has 0 bridgehead atoms. The SMILES string of the molecule is C[C@@H](Sc1ncnc2sccc12)C(=O)NCc1ccc(Cl)cc1. The largest absolute Gasteiger partial charge is 0.351 e. The molecule has 1 N–H and O–H groups in total. The Kier molecular flexibility index (Phi) is 5.15. The van der Waals surface area contributed by atoms with Crippen LogP contribution in [0.3, 0.4) is 0 Å². The van der Waals surface area contributed by atoms with E-state index in [0.29, 0.717) is 11.6 Å². The van der Waals surface area contributed by atoms with Crippen LogP contribution in [0.1, 0.15) is 12.5 Å². The van der Waals surface area contributed by atoms with E-state index in [1.54, 1.807) is 17.7 Å². The number of benzene rings is 1. The van der Waals surface area contributed by atoms with Crippen LogP contribution < -0.4 is 5.32 Å². The van der Waals surface area contributed by atoms with E-state index < -0.39 is 0 Å². The van der Waals surface area contributed by atoms with Crippen LogP contribution in [0, 0.1) is 0 Å². The highest BCUT2D eigenvalue weighted by Crippen LogP contribution is 2.30. The van der Waals surface area contributed by atoms with E-state index in [0.717, 1.165) is 20.8 Å². The Morgan fingerprint density at radius 1 is 1.30 bits per heavy atom. The van der Waals surface area contributed by atoms with Gasteiger partial charge in [0.1, 0.15) is 16.2 Å². The maximum atomic E-state index is 12.3. The summed E-state index contributed by atoms with van der Waals surface area (Å²) in [5.41, 5.74) is 1.02.